The average molecular weight is 866 g/mol. The van der Waals surface area contributed by atoms with E-state index in [4.69, 9.17) is 61.7 Å². The number of rotatable bonds is 43. The number of amides is 5. The third-order valence-electron chi connectivity index (χ3n) is 7.77. The molecular weight excluding hydrogens is 802 g/mol. The van der Waals surface area contributed by atoms with E-state index in [9.17, 15) is 28.8 Å². The standard InChI is InChI=1S/C38H63N3O19/c42-33(5-8-40-34(43)1-2-35(40)44)39-7-10-49-12-14-51-16-18-53-20-22-55-24-26-57-28-30-59-32-31-58-29-27-56-25-23-54-21-19-52-17-15-50-13-11-48-9-6-38(47)60-41-36(45)3-4-37(41)46/h1-2H,3-32H2,(H,39,42). The summed E-state index contributed by atoms with van der Waals surface area (Å²) in [5.74, 6) is -2.81. The number of nitrogens with one attached hydrogen (secondary N) is 1. The van der Waals surface area contributed by atoms with Crippen molar-refractivity contribution < 1.29 is 90.4 Å². The van der Waals surface area contributed by atoms with E-state index >= 15 is 0 Å². The average Bonchev–Trinajstić information content (AvgIpc) is 3.74. The van der Waals surface area contributed by atoms with Gasteiger partial charge >= 0.3 is 5.97 Å². The topological polar surface area (TPSA) is 241 Å². The fourth-order valence-corrected chi connectivity index (χ4v) is 4.70. The van der Waals surface area contributed by atoms with Crippen LogP contribution in [-0.2, 0) is 90.4 Å². The van der Waals surface area contributed by atoms with Crippen LogP contribution in [0, 0.1) is 0 Å². The van der Waals surface area contributed by atoms with Crippen LogP contribution in [-0.4, -0.2) is 217 Å². The number of hydrogen-bond acceptors (Lipinski definition) is 19. The van der Waals surface area contributed by atoms with Gasteiger partial charge in [-0.15, -0.1) is 5.06 Å². The fourth-order valence-electron chi connectivity index (χ4n) is 4.70. The van der Waals surface area contributed by atoms with Crippen LogP contribution < -0.4 is 5.32 Å². The predicted octanol–water partition coefficient (Wildman–Crippen LogP) is -1.39. The monoisotopic (exact) mass is 865 g/mol. The first-order chi connectivity index (χ1) is 29.4. The fraction of sp³-hybridized carbons (Fsp3) is 0.789. The van der Waals surface area contributed by atoms with Gasteiger partial charge in [0.15, 0.2) is 0 Å². The van der Waals surface area contributed by atoms with Crippen LogP contribution in [0.15, 0.2) is 12.2 Å². The second-order valence-corrected chi connectivity index (χ2v) is 12.4. The van der Waals surface area contributed by atoms with E-state index < -0.39 is 29.6 Å². The molecule has 60 heavy (non-hydrogen) atoms. The predicted molar refractivity (Wildman–Crippen MR) is 205 cm³/mol. The second kappa shape index (κ2) is 37.3. The van der Waals surface area contributed by atoms with Crippen LogP contribution in [0.2, 0.25) is 0 Å². The van der Waals surface area contributed by atoms with Crippen LogP contribution in [0.4, 0.5) is 0 Å². The van der Waals surface area contributed by atoms with E-state index in [-0.39, 0.29) is 51.3 Å². The highest BCUT2D eigenvalue weighted by Crippen LogP contribution is 2.12. The number of carbonyl (C=O) groups is 6. The highest BCUT2D eigenvalue weighted by molar-refractivity contribution is 6.13. The van der Waals surface area contributed by atoms with Crippen LogP contribution >= 0.6 is 0 Å². The molecule has 1 N–H and O–H groups in total. The largest absolute Gasteiger partial charge is 0.378 e. The first-order valence-corrected chi connectivity index (χ1v) is 20.2. The minimum absolute atomic E-state index is 0.0431. The molecule has 0 saturated carbocycles. The zero-order chi connectivity index (χ0) is 43.1. The first-order valence-electron chi connectivity index (χ1n) is 20.2. The third-order valence-corrected chi connectivity index (χ3v) is 7.77. The van der Waals surface area contributed by atoms with Crippen LogP contribution in [0.25, 0.3) is 0 Å². The quantitative estimate of drug-likeness (QED) is 0.0548. The summed E-state index contributed by atoms with van der Waals surface area (Å²) in [5.41, 5.74) is 0. The Hall–Kier alpha value is -3.52. The van der Waals surface area contributed by atoms with Crippen LogP contribution in [0.1, 0.15) is 25.7 Å². The van der Waals surface area contributed by atoms with Crippen molar-refractivity contribution in [3.05, 3.63) is 12.2 Å². The normalized spacial score (nSPS) is 14.0. The van der Waals surface area contributed by atoms with Crippen molar-refractivity contribution >= 4 is 35.5 Å². The van der Waals surface area contributed by atoms with Gasteiger partial charge < -0.3 is 67.0 Å². The summed E-state index contributed by atoms with van der Waals surface area (Å²) in [6, 6.07) is 0. The summed E-state index contributed by atoms with van der Waals surface area (Å²) < 4.78 is 65.2. The van der Waals surface area contributed by atoms with Gasteiger partial charge in [-0.05, 0) is 0 Å². The van der Waals surface area contributed by atoms with Crippen LogP contribution in [0.5, 0.6) is 0 Å². The molecule has 0 radical (unpaired) electrons. The van der Waals surface area contributed by atoms with Gasteiger partial charge in [0.25, 0.3) is 23.6 Å². The van der Waals surface area contributed by atoms with Crippen molar-refractivity contribution in [2.45, 2.75) is 25.7 Å². The Balaban J connectivity index is 1.14. The molecule has 1 saturated heterocycles. The molecule has 0 aliphatic carbocycles. The van der Waals surface area contributed by atoms with Crippen molar-refractivity contribution in [2.75, 3.05) is 172 Å². The minimum atomic E-state index is -0.707. The SMILES string of the molecule is O=C(CCN1C(=O)C=CC1=O)NCCOCCOCCOCCOCCOCCOCCOCCOCCOCCOCCOCCOCCC(=O)ON1C(=O)CCC1=O. The molecule has 2 aliphatic heterocycles. The Bertz CT molecular complexity index is 1190. The lowest BCUT2D eigenvalue weighted by Crippen LogP contribution is -2.35. The van der Waals surface area contributed by atoms with Gasteiger partial charge in [0.05, 0.1) is 165 Å². The van der Waals surface area contributed by atoms with Crippen molar-refractivity contribution in [2.24, 2.45) is 0 Å². The number of hydroxylamine groups is 2. The minimum Gasteiger partial charge on any atom is -0.378 e. The summed E-state index contributed by atoms with van der Waals surface area (Å²) in [4.78, 5) is 75.0. The van der Waals surface area contributed by atoms with Gasteiger partial charge in [-0.2, -0.15) is 0 Å². The van der Waals surface area contributed by atoms with E-state index in [1.165, 1.54) is 12.2 Å². The molecule has 22 heteroatoms. The van der Waals surface area contributed by atoms with Crippen molar-refractivity contribution in [1.82, 2.24) is 15.3 Å². The van der Waals surface area contributed by atoms with Gasteiger partial charge in [0, 0.05) is 44.5 Å². The molecule has 0 aromatic carbocycles. The first kappa shape index (κ1) is 52.6. The van der Waals surface area contributed by atoms with Gasteiger partial charge in [0.2, 0.25) is 5.91 Å². The molecule has 0 unspecified atom stereocenters. The van der Waals surface area contributed by atoms with Crippen molar-refractivity contribution in [3.63, 3.8) is 0 Å². The second-order valence-electron chi connectivity index (χ2n) is 12.4. The summed E-state index contributed by atoms with van der Waals surface area (Å²) in [7, 11) is 0. The summed E-state index contributed by atoms with van der Waals surface area (Å²) in [5, 5.41) is 3.19. The Labute approximate surface area is 350 Å². The number of nitrogens with zero attached hydrogens (tertiary/aromatic N) is 2. The zero-order valence-corrected chi connectivity index (χ0v) is 34.5. The molecule has 0 bridgehead atoms. The van der Waals surface area contributed by atoms with Gasteiger partial charge in [0.1, 0.15) is 0 Å². The van der Waals surface area contributed by atoms with Gasteiger partial charge in [-0.1, -0.05) is 0 Å². The van der Waals surface area contributed by atoms with Crippen molar-refractivity contribution in [3.8, 4) is 0 Å². The van der Waals surface area contributed by atoms with Gasteiger partial charge in [-0.3, -0.25) is 28.9 Å². The molecule has 1 fully saturated rings. The van der Waals surface area contributed by atoms with E-state index in [2.05, 4.69) is 5.32 Å². The zero-order valence-electron chi connectivity index (χ0n) is 34.5. The highest BCUT2D eigenvalue weighted by atomic mass is 16.7. The number of carbonyl (C=O) groups excluding carboxylic acids is 6. The van der Waals surface area contributed by atoms with Gasteiger partial charge in [-0.25, -0.2) is 4.79 Å². The molecule has 2 heterocycles. The Morgan fingerprint density at radius 2 is 0.733 bits per heavy atom. The van der Waals surface area contributed by atoms with E-state index in [0.717, 1.165) is 4.90 Å². The smallest absolute Gasteiger partial charge is 0.335 e. The Morgan fingerprint density at radius 1 is 0.433 bits per heavy atom. The molecule has 0 aromatic heterocycles. The van der Waals surface area contributed by atoms with E-state index in [1.807, 2.05) is 0 Å². The van der Waals surface area contributed by atoms with E-state index in [1.54, 1.807) is 0 Å². The molecule has 0 atom stereocenters. The third kappa shape index (κ3) is 28.9. The molecule has 0 aromatic rings. The lowest BCUT2D eigenvalue weighted by molar-refractivity contribution is -0.198. The van der Waals surface area contributed by atoms with Crippen molar-refractivity contribution in [1.29, 1.82) is 0 Å². The lowest BCUT2D eigenvalue weighted by atomic mass is 10.3. The Kier molecular flexibility index (Phi) is 32.7. The maximum Gasteiger partial charge on any atom is 0.335 e. The number of imide groups is 2. The highest BCUT2D eigenvalue weighted by Gasteiger charge is 2.32. The maximum absolute atomic E-state index is 11.8. The summed E-state index contributed by atoms with van der Waals surface area (Å²) in [6.45, 7) is 10.0. The molecule has 2 aliphatic rings. The Morgan fingerprint density at radius 3 is 1.07 bits per heavy atom. The molecular formula is C38H63N3O19. The summed E-state index contributed by atoms with van der Waals surface area (Å²) in [6.07, 6.45) is 2.44. The molecule has 22 nitrogen and oxygen atoms in total. The van der Waals surface area contributed by atoms with Crippen LogP contribution in [0.3, 0.4) is 0 Å². The summed E-state index contributed by atoms with van der Waals surface area (Å²) >= 11 is 0. The number of ether oxygens (including phenoxy) is 12. The molecule has 344 valence electrons. The number of hydrogen-bond donors (Lipinski definition) is 1. The maximum atomic E-state index is 11.8. The molecule has 0 spiro atoms. The lowest BCUT2D eigenvalue weighted by Gasteiger charge is -2.13. The molecule has 5 amide bonds. The molecule has 2 rings (SSSR count). The van der Waals surface area contributed by atoms with E-state index in [0.29, 0.717) is 157 Å².